The van der Waals surface area contributed by atoms with E-state index in [0.29, 0.717) is 31.6 Å². The van der Waals surface area contributed by atoms with Crippen molar-refractivity contribution in [2.45, 2.75) is 20.4 Å². The first kappa shape index (κ1) is 17.6. The van der Waals surface area contributed by atoms with Crippen LogP contribution in [0.4, 0.5) is 5.69 Å². The molecule has 0 atom stereocenters. The Kier molecular flexibility index (Phi) is 5.50. The van der Waals surface area contributed by atoms with Crippen molar-refractivity contribution in [3.63, 3.8) is 0 Å². The van der Waals surface area contributed by atoms with Crippen LogP contribution in [0, 0.1) is 0 Å². The molecule has 6 heteroatoms. The lowest BCUT2D eigenvalue weighted by molar-refractivity contribution is 0.0343. The SMILES string of the molecule is CCN(CC)c1ccc2cc(C=O)c(=O)oc2c1CN1CCOCC1. The summed E-state index contributed by atoms with van der Waals surface area (Å²) in [6, 6.07) is 5.59. The number of hydrogen-bond donors (Lipinski definition) is 0. The van der Waals surface area contributed by atoms with E-state index in [0.717, 1.165) is 42.8 Å². The minimum Gasteiger partial charge on any atom is -0.422 e. The van der Waals surface area contributed by atoms with Crippen LogP contribution in [-0.4, -0.2) is 50.6 Å². The van der Waals surface area contributed by atoms with Gasteiger partial charge in [-0.25, -0.2) is 4.79 Å². The van der Waals surface area contributed by atoms with E-state index >= 15 is 0 Å². The van der Waals surface area contributed by atoms with Crippen LogP contribution in [0.15, 0.2) is 27.4 Å². The largest absolute Gasteiger partial charge is 0.422 e. The summed E-state index contributed by atoms with van der Waals surface area (Å²) < 4.78 is 11.0. The molecule has 0 bridgehead atoms. The zero-order valence-electron chi connectivity index (χ0n) is 14.8. The summed E-state index contributed by atoms with van der Waals surface area (Å²) in [5.74, 6) is 0. The highest BCUT2D eigenvalue weighted by molar-refractivity contribution is 5.89. The zero-order chi connectivity index (χ0) is 17.8. The fourth-order valence-corrected chi connectivity index (χ4v) is 3.33. The lowest BCUT2D eigenvalue weighted by Crippen LogP contribution is -2.36. The molecule has 0 saturated carbocycles. The minimum absolute atomic E-state index is 0.0559. The summed E-state index contributed by atoms with van der Waals surface area (Å²) in [4.78, 5) is 27.7. The highest BCUT2D eigenvalue weighted by Crippen LogP contribution is 2.30. The smallest absolute Gasteiger partial charge is 0.346 e. The Morgan fingerprint density at radius 3 is 2.56 bits per heavy atom. The molecule has 25 heavy (non-hydrogen) atoms. The highest BCUT2D eigenvalue weighted by Gasteiger charge is 2.20. The normalized spacial score (nSPS) is 15.4. The third kappa shape index (κ3) is 3.60. The Morgan fingerprint density at radius 1 is 1.20 bits per heavy atom. The van der Waals surface area contributed by atoms with Gasteiger partial charge in [-0.15, -0.1) is 0 Å². The van der Waals surface area contributed by atoms with E-state index in [1.54, 1.807) is 6.07 Å². The van der Waals surface area contributed by atoms with Crippen LogP contribution in [0.1, 0.15) is 29.8 Å². The average Bonchev–Trinajstić information content (AvgIpc) is 2.64. The second-order valence-electron chi connectivity index (χ2n) is 6.15. The van der Waals surface area contributed by atoms with Crippen molar-refractivity contribution in [2.24, 2.45) is 0 Å². The fourth-order valence-electron chi connectivity index (χ4n) is 3.33. The standard InChI is InChI=1S/C19H24N2O4/c1-3-21(4-2)17-6-5-14-11-15(13-22)19(23)25-18(14)16(17)12-20-7-9-24-10-8-20/h5-6,11,13H,3-4,7-10,12H2,1-2H3. The molecule has 2 heterocycles. The fraction of sp³-hybridized carbons (Fsp3) is 0.474. The number of anilines is 1. The monoisotopic (exact) mass is 344 g/mol. The van der Waals surface area contributed by atoms with Crippen molar-refractivity contribution in [1.82, 2.24) is 4.90 Å². The Balaban J connectivity index is 2.14. The molecule has 1 aromatic carbocycles. The Bertz CT molecular complexity index is 805. The van der Waals surface area contributed by atoms with E-state index < -0.39 is 5.63 Å². The first-order valence-corrected chi connectivity index (χ1v) is 8.77. The third-order valence-electron chi connectivity index (χ3n) is 4.72. The van der Waals surface area contributed by atoms with Crippen molar-refractivity contribution < 1.29 is 13.9 Å². The molecule has 0 spiro atoms. The molecule has 1 aliphatic rings. The van der Waals surface area contributed by atoms with Gasteiger partial charge in [-0.3, -0.25) is 9.69 Å². The van der Waals surface area contributed by atoms with Crippen LogP contribution in [0.3, 0.4) is 0 Å². The molecule has 1 aliphatic heterocycles. The summed E-state index contributed by atoms with van der Waals surface area (Å²) >= 11 is 0. The number of aldehydes is 1. The van der Waals surface area contributed by atoms with Crippen molar-refractivity contribution in [1.29, 1.82) is 0 Å². The molecular weight excluding hydrogens is 320 g/mol. The van der Waals surface area contributed by atoms with Gasteiger partial charge in [0.2, 0.25) is 0 Å². The molecule has 0 radical (unpaired) electrons. The first-order valence-electron chi connectivity index (χ1n) is 8.77. The maximum absolute atomic E-state index is 12.1. The number of ether oxygens (including phenoxy) is 1. The number of morpholine rings is 1. The van der Waals surface area contributed by atoms with E-state index in [1.807, 2.05) is 6.07 Å². The quantitative estimate of drug-likeness (QED) is 0.592. The maximum atomic E-state index is 12.1. The van der Waals surface area contributed by atoms with Crippen molar-refractivity contribution in [3.8, 4) is 0 Å². The predicted molar refractivity (Wildman–Crippen MR) is 97.5 cm³/mol. The molecule has 134 valence electrons. The van der Waals surface area contributed by atoms with Gasteiger partial charge < -0.3 is 14.1 Å². The van der Waals surface area contributed by atoms with Gasteiger partial charge in [0, 0.05) is 49.4 Å². The summed E-state index contributed by atoms with van der Waals surface area (Å²) in [6.07, 6.45) is 0.547. The van der Waals surface area contributed by atoms with Crippen molar-refractivity contribution >= 4 is 22.9 Å². The molecule has 1 aromatic heterocycles. The van der Waals surface area contributed by atoms with E-state index in [4.69, 9.17) is 9.15 Å². The minimum atomic E-state index is -0.581. The van der Waals surface area contributed by atoms with Crippen LogP contribution >= 0.6 is 0 Å². The zero-order valence-corrected chi connectivity index (χ0v) is 14.8. The molecule has 0 N–H and O–H groups in total. The maximum Gasteiger partial charge on any atom is 0.346 e. The molecule has 0 amide bonds. The number of nitrogens with zero attached hydrogens (tertiary/aromatic N) is 2. The first-order chi connectivity index (χ1) is 12.2. The summed E-state index contributed by atoms with van der Waals surface area (Å²) in [5, 5.41) is 0.779. The molecule has 3 rings (SSSR count). The molecule has 1 fully saturated rings. The van der Waals surface area contributed by atoms with Gasteiger partial charge in [0.1, 0.15) is 11.1 Å². The van der Waals surface area contributed by atoms with Gasteiger partial charge in [-0.1, -0.05) is 0 Å². The van der Waals surface area contributed by atoms with Crippen LogP contribution in [0.5, 0.6) is 0 Å². The van der Waals surface area contributed by atoms with Gasteiger partial charge in [0.25, 0.3) is 0 Å². The van der Waals surface area contributed by atoms with E-state index in [9.17, 15) is 9.59 Å². The van der Waals surface area contributed by atoms with E-state index in [1.165, 1.54) is 0 Å². The van der Waals surface area contributed by atoms with Gasteiger partial charge in [-0.2, -0.15) is 0 Å². The Hall–Kier alpha value is -2.18. The van der Waals surface area contributed by atoms with Gasteiger partial charge in [0.15, 0.2) is 6.29 Å². The lowest BCUT2D eigenvalue weighted by atomic mass is 10.1. The van der Waals surface area contributed by atoms with Gasteiger partial charge >= 0.3 is 5.63 Å². The Labute approximate surface area is 147 Å². The average molecular weight is 344 g/mol. The topological polar surface area (TPSA) is 63.0 Å². The molecule has 2 aromatic rings. The predicted octanol–water partition coefficient (Wildman–Crippen LogP) is 2.28. The number of carbonyl (C=O) groups is 1. The Morgan fingerprint density at radius 2 is 1.92 bits per heavy atom. The highest BCUT2D eigenvalue weighted by atomic mass is 16.5. The molecule has 0 aliphatic carbocycles. The number of rotatable bonds is 6. The number of benzene rings is 1. The second-order valence-corrected chi connectivity index (χ2v) is 6.15. The van der Waals surface area contributed by atoms with Gasteiger partial charge in [-0.05, 0) is 32.0 Å². The number of carbonyl (C=O) groups excluding carboxylic acids is 1. The van der Waals surface area contributed by atoms with Crippen molar-refractivity contribution in [3.05, 3.63) is 39.7 Å². The summed E-state index contributed by atoms with van der Waals surface area (Å²) in [5.41, 5.74) is 2.12. The van der Waals surface area contributed by atoms with E-state index in [-0.39, 0.29) is 5.56 Å². The molecule has 0 unspecified atom stereocenters. The molecular formula is C19H24N2O4. The summed E-state index contributed by atoms with van der Waals surface area (Å²) in [7, 11) is 0. The van der Waals surface area contributed by atoms with Crippen LogP contribution in [0.2, 0.25) is 0 Å². The lowest BCUT2D eigenvalue weighted by Gasteiger charge is -2.30. The third-order valence-corrected chi connectivity index (χ3v) is 4.72. The van der Waals surface area contributed by atoms with Crippen LogP contribution < -0.4 is 10.5 Å². The number of fused-ring (bicyclic) bond motifs is 1. The molecule has 6 nitrogen and oxygen atoms in total. The van der Waals surface area contributed by atoms with Crippen molar-refractivity contribution in [2.75, 3.05) is 44.3 Å². The van der Waals surface area contributed by atoms with Crippen LogP contribution in [0.25, 0.3) is 11.0 Å². The summed E-state index contributed by atoms with van der Waals surface area (Å²) in [6.45, 7) is 9.78. The number of hydrogen-bond acceptors (Lipinski definition) is 6. The van der Waals surface area contributed by atoms with E-state index in [2.05, 4.69) is 29.7 Å². The van der Waals surface area contributed by atoms with Gasteiger partial charge in [0.05, 0.1) is 13.2 Å². The second kappa shape index (κ2) is 7.80. The molecule has 1 saturated heterocycles. The van der Waals surface area contributed by atoms with Crippen LogP contribution in [-0.2, 0) is 11.3 Å².